The van der Waals surface area contributed by atoms with Gasteiger partial charge in [-0.05, 0) is 30.5 Å². The number of amides is 1. The van der Waals surface area contributed by atoms with E-state index in [0.29, 0.717) is 13.0 Å². The molecule has 2 aromatic rings. The van der Waals surface area contributed by atoms with Crippen LogP contribution < -0.4 is 5.32 Å². The van der Waals surface area contributed by atoms with E-state index in [1.165, 1.54) is 31.2 Å². The summed E-state index contributed by atoms with van der Waals surface area (Å²) in [4.78, 5) is 15.7. The molecular weight excluding hydrogens is 264 g/mol. The Morgan fingerprint density at radius 2 is 2.05 bits per heavy atom. The fourth-order valence-corrected chi connectivity index (χ4v) is 2.12. The van der Waals surface area contributed by atoms with E-state index < -0.39 is 0 Å². The molecule has 0 aliphatic carbocycles. The first kappa shape index (κ1) is 15.2. The maximum absolute atomic E-state index is 11.8. The number of nitrogens with zero attached hydrogens (tertiary/aromatic N) is 3. The van der Waals surface area contributed by atoms with Crippen LogP contribution in [0.4, 0.5) is 5.69 Å². The number of aromatic nitrogens is 3. The van der Waals surface area contributed by atoms with Crippen molar-refractivity contribution < 1.29 is 4.79 Å². The van der Waals surface area contributed by atoms with E-state index in [1.807, 2.05) is 12.1 Å². The number of benzene rings is 1. The molecule has 0 fully saturated rings. The number of hydrogen-bond donors (Lipinski definition) is 1. The van der Waals surface area contributed by atoms with Gasteiger partial charge in [0, 0.05) is 12.1 Å². The zero-order chi connectivity index (χ0) is 14.9. The topological polar surface area (TPSA) is 59.8 Å². The molecule has 0 atom stereocenters. The minimum Gasteiger partial charge on any atom is -0.326 e. The van der Waals surface area contributed by atoms with E-state index in [-0.39, 0.29) is 5.91 Å². The van der Waals surface area contributed by atoms with Crippen LogP contribution in [0.2, 0.25) is 0 Å². The molecule has 0 spiro atoms. The number of unbranched alkanes of at least 4 members (excludes halogenated alkanes) is 2. The molecule has 1 amide bonds. The Kier molecular flexibility index (Phi) is 5.94. The van der Waals surface area contributed by atoms with Crippen molar-refractivity contribution >= 4 is 11.6 Å². The molecule has 0 aliphatic rings. The average Bonchev–Trinajstić information content (AvgIpc) is 3.01. The first-order valence-corrected chi connectivity index (χ1v) is 7.49. The summed E-state index contributed by atoms with van der Waals surface area (Å²) in [6, 6.07) is 8.11. The molecular formula is C16H22N4O. The van der Waals surface area contributed by atoms with Gasteiger partial charge in [0.15, 0.2) is 0 Å². The third-order valence-electron chi connectivity index (χ3n) is 3.34. The zero-order valence-electron chi connectivity index (χ0n) is 12.5. The second-order valence-electron chi connectivity index (χ2n) is 5.11. The van der Waals surface area contributed by atoms with Crippen LogP contribution in [0, 0.1) is 0 Å². The van der Waals surface area contributed by atoms with E-state index in [1.54, 1.807) is 11.0 Å². The molecule has 5 heteroatoms. The van der Waals surface area contributed by atoms with Crippen molar-refractivity contribution in [3.8, 4) is 0 Å². The Morgan fingerprint density at radius 1 is 1.24 bits per heavy atom. The fraction of sp³-hybridized carbons (Fsp3) is 0.438. The summed E-state index contributed by atoms with van der Waals surface area (Å²) in [5, 5.41) is 6.87. The van der Waals surface area contributed by atoms with Gasteiger partial charge in [0.1, 0.15) is 12.7 Å². The third kappa shape index (κ3) is 5.38. The number of carbonyl (C=O) groups excluding carboxylic acids is 1. The van der Waals surface area contributed by atoms with Gasteiger partial charge in [-0.3, -0.25) is 9.48 Å². The molecule has 5 nitrogen and oxygen atoms in total. The van der Waals surface area contributed by atoms with Crippen molar-refractivity contribution in [2.45, 2.75) is 45.6 Å². The van der Waals surface area contributed by atoms with Crippen molar-refractivity contribution in [2.75, 3.05) is 5.32 Å². The van der Waals surface area contributed by atoms with Gasteiger partial charge in [-0.25, -0.2) is 4.98 Å². The lowest BCUT2D eigenvalue weighted by molar-refractivity contribution is -0.116. The molecule has 0 radical (unpaired) electrons. The van der Waals surface area contributed by atoms with Gasteiger partial charge in [-0.1, -0.05) is 31.9 Å². The first-order chi connectivity index (χ1) is 10.3. The second kappa shape index (κ2) is 8.19. The van der Waals surface area contributed by atoms with Crippen LogP contribution in [0.15, 0.2) is 36.9 Å². The minimum absolute atomic E-state index is 0.00997. The maximum atomic E-state index is 11.8. The lowest BCUT2D eigenvalue weighted by atomic mass is 10.1. The molecule has 0 bridgehead atoms. The molecule has 112 valence electrons. The smallest absolute Gasteiger partial charge is 0.226 e. The largest absolute Gasteiger partial charge is 0.326 e. The standard InChI is InChI=1S/C16H22N4O/c1-2-3-4-5-14-6-8-15(9-7-14)19-16(21)10-11-20-13-17-12-18-20/h6-9,12-13H,2-5,10-11H2,1H3,(H,19,21). The Bertz CT molecular complexity index is 534. The fourth-order valence-electron chi connectivity index (χ4n) is 2.12. The Hall–Kier alpha value is -2.17. The predicted octanol–water partition coefficient (Wildman–Crippen LogP) is 3.04. The highest BCUT2D eigenvalue weighted by Crippen LogP contribution is 2.12. The minimum atomic E-state index is -0.00997. The zero-order valence-corrected chi connectivity index (χ0v) is 12.5. The lowest BCUT2D eigenvalue weighted by Crippen LogP contribution is -2.14. The van der Waals surface area contributed by atoms with E-state index in [2.05, 4.69) is 34.5 Å². The van der Waals surface area contributed by atoms with Crippen LogP contribution in [0.5, 0.6) is 0 Å². The Morgan fingerprint density at radius 3 is 2.71 bits per heavy atom. The van der Waals surface area contributed by atoms with Crippen LogP contribution in [0.25, 0.3) is 0 Å². The average molecular weight is 286 g/mol. The van der Waals surface area contributed by atoms with Crippen LogP contribution >= 0.6 is 0 Å². The van der Waals surface area contributed by atoms with Crippen LogP contribution in [0.3, 0.4) is 0 Å². The summed E-state index contributed by atoms with van der Waals surface area (Å²) >= 11 is 0. The van der Waals surface area contributed by atoms with E-state index in [9.17, 15) is 4.79 Å². The van der Waals surface area contributed by atoms with E-state index >= 15 is 0 Å². The van der Waals surface area contributed by atoms with Gasteiger partial charge in [0.2, 0.25) is 5.91 Å². The summed E-state index contributed by atoms with van der Waals surface area (Å²) in [6.07, 6.45) is 8.30. The summed E-state index contributed by atoms with van der Waals surface area (Å²) in [7, 11) is 0. The van der Waals surface area contributed by atoms with Crippen LogP contribution in [-0.2, 0) is 17.8 Å². The highest BCUT2D eigenvalue weighted by molar-refractivity contribution is 5.90. The van der Waals surface area contributed by atoms with Crippen molar-refractivity contribution in [1.82, 2.24) is 14.8 Å². The first-order valence-electron chi connectivity index (χ1n) is 7.49. The molecule has 0 saturated heterocycles. The van der Waals surface area contributed by atoms with Gasteiger partial charge in [0.05, 0.1) is 6.54 Å². The molecule has 0 saturated carbocycles. The summed E-state index contributed by atoms with van der Waals surface area (Å²) < 4.78 is 1.65. The van der Waals surface area contributed by atoms with Gasteiger partial charge in [-0.2, -0.15) is 5.10 Å². The van der Waals surface area contributed by atoms with Crippen molar-refractivity contribution in [3.05, 3.63) is 42.5 Å². The monoisotopic (exact) mass is 286 g/mol. The van der Waals surface area contributed by atoms with Crippen molar-refractivity contribution in [1.29, 1.82) is 0 Å². The van der Waals surface area contributed by atoms with Crippen molar-refractivity contribution in [2.24, 2.45) is 0 Å². The van der Waals surface area contributed by atoms with Gasteiger partial charge in [0.25, 0.3) is 0 Å². The molecule has 1 aromatic heterocycles. The number of anilines is 1. The molecule has 0 aliphatic heterocycles. The number of carbonyl (C=O) groups is 1. The number of hydrogen-bond acceptors (Lipinski definition) is 3. The Labute approximate surface area is 125 Å². The molecule has 0 unspecified atom stereocenters. The number of nitrogens with one attached hydrogen (secondary N) is 1. The van der Waals surface area contributed by atoms with Gasteiger partial charge >= 0.3 is 0 Å². The van der Waals surface area contributed by atoms with Crippen molar-refractivity contribution in [3.63, 3.8) is 0 Å². The summed E-state index contributed by atoms with van der Waals surface area (Å²) in [6.45, 7) is 2.75. The molecule has 21 heavy (non-hydrogen) atoms. The normalized spacial score (nSPS) is 10.5. The predicted molar refractivity (Wildman–Crippen MR) is 82.9 cm³/mol. The molecule has 1 N–H and O–H groups in total. The van der Waals surface area contributed by atoms with Gasteiger partial charge < -0.3 is 5.32 Å². The third-order valence-corrected chi connectivity index (χ3v) is 3.34. The lowest BCUT2D eigenvalue weighted by Gasteiger charge is -2.06. The summed E-state index contributed by atoms with van der Waals surface area (Å²) in [5.74, 6) is -0.00997. The number of rotatable bonds is 8. The van der Waals surface area contributed by atoms with Crippen LogP contribution in [-0.4, -0.2) is 20.7 Å². The second-order valence-corrected chi connectivity index (χ2v) is 5.11. The van der Waals surface area contributed by atoms with Gasteiger partial charge in [-0.15, -0.1) is 0 Å². The molecule has 1 heterocycles. The summed E-state index contributed by atoms with van der Waals surface area (Å²) in [5.41, 5.74) is 2.17. The maximum Gasteiger partial charge on any atom is 0.226 e. The highest BCUT2D eigenvalue weighted by Gasteiger charge is 2.03. The Balaban J connectivity index is 1.75. The quantitative estimate of drug-likeness (QED) is 0.759. The molecule has 2 rings (SSSR count). The molecule has 1 aromatic carbocycles. The SMILES string of the molecule is CCCCCc1ccc(NC(=O)CCn2cncn2)cc1. The van der Waals surface area contributed by atoms with Crippen LogP contribution in [0.1, 0.15) is 38.2 Å². The number of aryl methyl sites for hydroxylation is 2. The highest BCUT2D eigenvalue weighted by atomic mass is 16.1. The van der Waals surface area contributed by atoms with E-state index in [0.717, 1.165) is 12.1 Å². The van der Waals surface area contributed by atoms with E-state index in [4.69, 9.17) is 0 Å².